The molecular weight excluding hydrogens is 636 g/mol. The number of ether oxygens (including phenoxy) is 4. The molecule has 0 spiro atoms. The van der Waals surface area contributed by atoms with Crippen molar-refractivity contribution in [3.63, 3.8) is 0 Å². The molecule has 0 saturated heterocycles. The molecule has 0 aromatic heterocycles. The van der Waals surface area contributed by atoms with Gasteiger partial charge in [0.05, 0.1) is 9.85 Å². The standard InChI is InChI=1S/2C20H17NO4/c2*22-21(23)20-18(24-14-16-8-3-1-4-9-16)12-7-13-19(20)25-15-17-10-5-2-6-11-17/h2*1-13H,14-15H2. The number of nitro groups is 2. The third kappa shape index (κ3) is 10.2. The zero-order valence-electron chi connectivity index (χ0n) is 27.0. The van der Waals surface area contributed by atoms with Gasteiger partial charge in [-0.3, -0.25) is 20.2 Å². The summed E-state index contributed by atoms with van der Waals surface area (Å²) in [4.78, 5) is 22.1. The van der Waals surface area contributed by atoms with Crippen molar-refractivity contribution in [1.29, 1.82) is 0 Å². The van der Waals surface area contributed by atoms with Crippen molar-refractivity contribution >= 4 is 11.4 Å². The lowest BCUT2D eigenvalue weighted by atomic mass is 10.2. The van der Waals surface area contributed by atoms with E-state index in [1.165, 1.54) is 0 Å². The van der Waals surface area contributed by atoms with Crippen LogP contribution in [0.15, 0.2) is 158 Å². The molecule has 252 valence electrons. The summed E-state index contributed by atoms with van der Waals surface area (Å²) in [6.45, 7) is 1.02. The first kappa shape index (κ1) is 34.6. The van der Waals surface area contributed by atoms with E-state index in [2.05, 4.69) is 0 Å². The summed E-state index contributed by atoms with van der Waals surface area (Å²) in [5.74, 6) is 0.776. The molecule has 10 nitrogen and oxygen atoms in total. The van der Waals surface area contributed by atoms with Gasteiger partial charge >= 0.3 is 11.4 Å². The SMILES string of the molecule is O=[N+]([O-])c1c(OCc2ccccc2)cccc1OCc1ccccc1.O=[N+]([O-])c1c(OCc2ccccc2)cccc1OCc1ccccc1. The molecular formula is C40H34N2O8. The van der Waals surface area contributed by atoms with E-state index in [1.807, 2.05) is 121 Å². The highest BCUT2D eigenvalue weighted by molar-refractivity contribution is 5.58. The van der Waals surface area contributed by atoms with E-state index in [4.69, 9.17) is 18.9 Å². The summed E-state index contributed by atoms with van der Waals surface area (Å²) in [6.07, 6.45) is 0. The van der Waals surface area contributed by atoms with Crippen LogP contribution in [-0.2, 0) is 26.4 Å². The van der Waals surface area contributed by atoms with Gasteiger partial charge in [0.2, 0.25) is 23.0 Å². The Hall–Kier alpha value is -6.68. The van der Waals surface area contributed by atoms with Crippen molar-refractivity contribution in [2.45, 2.75) is 26.4 Å². The summed E-state index contributed by atoms with van der Waals surface area (Å²) in [5.41, 5.74) is 3.43. The normalized spacial score (nSPS) is 10.2. The first-order valence-corrected chi connectivity index (χ1v) is 15.7. The maximum Gasteiger partial charge on any atom is 0.352 e. The van der Waals surface area contributed by atoms with E-state index in [0.29, 0.717) is 0 Å². The van der Waals surface area contributed by atoms with Gasteiger partial charge in [0.15, 0.2) is 0 Å². The van der Waals surface area contributed by atoms with E-state index in [9.17, 15) is 20.2 Å². The quantitative estimate of drug-likeness (QED) is 0.0829. The van der Waals surface area contributed by atoms with E-state index in [1.54, 1.807) is 36.4 Å². The Morgan fingerprint density at radius 3 is 0.760 bits per heavy atom. The summed E-state index contributed by atoms with van der Waals surface area (Å²) >= 11 is 0. The van der Waals surface area contributed by atoms with Crippen LogP contribution in [-0.4, -0.2) is 9.85 Å². The average molecular weight is 671 g/mol. The Morgan fingerprint density at radius 2 is 0.560 bits per heavy atom. The van der Waals surface area contributed by atoms with Gasteiger partial charge < -0.3 is 18.9 Å². The largest absolute Gasteiger partial charge is 0.482 e. The predicted octanol–water partition coefficient (Wildman–Crippen LogP) is 9.51. The van der Waals surface area contributed by atoms with Crippen LogP contribution in [0.3, 0.4) is 0 Å². The van der Waals surface area contributed by atoms with Crippen LogP contribution in [0, 0.1) is 20.2 Å². The minimum Gasteiger partial charge on any atom is -0.482 e. The van der Waals surface area contributed by atoms with Gasteiger partial charge in [-0.25, -0.2) is 0 Å². The van der Waals surface area contributed by atoms with E-state index < -0.39 is 9.85 Å². The molecule has 0 saturated carbocycles. The van der Waals surface area contributed by atoms with Crippen LogP contribution in [0.1, 0.15) is 22.3 Å². The molecule has 0 aliphatic rings. The molecule has 6 aromatic rings. The van der Waals surface area contributed by atoms with Gasteiger partial charge in [-0.15, -0.1) is 0 Å². The minimum atomic E-state index is -0.472. The molecule has 6 aromatic carbocycles. The summed E-state index contributed by atoms with van der Waals surface area (Å²) in [5, 5.41) is 23.0. The summed E-state index contributed by atoms with van der Waals surface area (Å²) in [7, 11) is 0. The zero-order valence-corrected chi connectivity index (χ0v) is 27.0. The molecule has 0 aliphatic carbocycles. The molecule has 0 amide bonds. The van der Waals surface area contributed by atoms with E-state index >= 15 is 0 Å². The lowest BCUT2D eigenvalue weighted by Crippen LogP contribution is -2.03. The second kappa shape index (κ2) is 18.0. The van der Waals surface area contributed by atoms with Crippen LogP contribution >= 0.6 is 0 Å². The number of rotatable bonds is 14. The monoisotopic (exact) mass is 670 g/mol. The van der Waals surface area contributed by atoms with E-state index in [-0.39, 0.29) is 60.8 Å². The number of hydrogen-bond donors (Lipinski definition) is 0. The predicted molar refractivity (Wildman–Crippen MR) is 189 cm³/mol. The second-order valence-electron chi connectivity index (χ2n) is 10.8. The first-order chi connectivity index (χ1) is 24.5. The Bertz CT molecular complexity index is 1690. The van der Waals surface area contributed by atoms with Crippen molar-refractivity contribution in [1.82, 2.24) is 0 Å². The highest BCUT2D eigenvalue weighted by Crippen LogP contribution is 2.38. The molecule has 6 rings (SSSR count). The molecule has 0 bridgehead atoms. The van der Waals surface area contributed by atoms with Gasteiger partial charge in [-0.2, -0.15) is 0 Å². The van der Waals surface area contributed by atoms with Gasteiger partial charge in [0, 0.05) is 0 Å². The van der Waals surface area contributed by atoms with Crippen LogP contribution in [0.5, 0.6) is 23.0 Å². The maximum absolute atomic E-state index is 11.5. The third-order valence-electron chi connectivity index (χ3n) is 7.24. The molecule has 10 heteroatoms. The molecule has 0 fully saturated rings. The first-order valence-electron chi connectivity index (χ1n) is 15.7. The Labute approximate surface area is 289 Å². The Morgan fingerprint density at radius 1 is 0.340 bits per heavy atom. The molecule has 0 radical (unpaired) electrons. The number of benzene rings is 6. The molecule has 0 unspecified atom stereocenters. The van der Waals surface area contributed by atoms with Crippen molar-refractivity contribution in [2.75, 3.05) is 0 Å². The molecule has 0 heterocycles. The van der Waals surface area contributed by atoms with Crippen LogP contribution in [0.2, 0.25) is 0 Å². The molecule has 0 N–H and O–H groups in total. The minimum absolute atomic E-state index is 0.158. The number of hydrogen-bond acceptors (Lipinski definition) is 8. The van der Waals surface area contributed by atoms with Gasteiger partial charge in [-0.05, 0) is 46.5 Å². The highest BCUT2D eigenvalue weighted by atomic mass is 16.6. The van der Waals surface area contributed by atoms with Gasteiger partial charge in [0.1, 0.15) is 26.4 Å². The number of nitro benzene ring substituents is 2. The fourth-order valence-corrected chi connectivity index (χ4v) is 4.77. The van der Waals surface area contributed by atoms with Crippen molar-refractivity contribution in [3.05, 3.63) is 200 Å². The molecule has 50 heavy (non-hydrogen) atoms. The Balaban J connectivity index is 0.000000194. The van der Waals surface area contributed by atoms with Crippen LogP contribution in [0.25, 0.3) is 0 Å². The Kier molecular flexibility index (Phi) is 12.5. The van der Waals surface area contributed by atoms with Crippen LogP contribution < -0.4 is 18.9 Å². The van der Waals surface area contributed by atoms with Crippen LogP contribution in [0.4, 0.5) is 11.4 Å². The van der Waals surface area contributed by atoms with E-state index in [0.717, 1.165) is 22.3 Å². The fraction of sp³-hybridized carbons (Fsp3) is 0.100. The van der Waals surface area contributed by atoms with Crippen molar-refractivity contribution in [3.8, 4) is 23.0 Å². The van der Waals surface area contributed by atoms with Crippen molar-refractivity contribution < 1.29 is 28.8 Å². The topological polar surface area (TPSA) is 123 Å². The number of para-hydroxylation sites is 2. The maximum atomic E-state index is 11.5. The highest BCUT2D eigenvalue weighted by Gasteiger charge is 2.24. The third-order valence-corrected chi connectivity index (χ3v) is 7.24. The summed E-state index contributed by atoms with van der Waals surface area (Å²) < 4.78 is 22.6. The average Bonchev–Trinajstić information content (AvgIpc) is 3.16. The zero-order chi connectivity index (χ0) is 35.0. The summed E-state index contributed by atoms with van der Waals surface area (Å²) in [6, 6.07) is 47.7. The second-order valence-corrected chi connectivity index (χ2v) is 10.8. The lowest BCUT2D eigenvalue weighted by molar-refractivity contribution is -0.387. The van der Waals surface area contributed by atoms with Gasteiger partial charge in [0.25, 0.3) is 0 Å². The van der Waals surface area contributed by atoms with Gasteiger partial charge in [-0.1, -0.05) is 133 Å². The number of nitrogens with zero attached hydrogens (tertiary/aromatic N) is 2. The lowest BCUT2D eigenvalue weighted by Gasteiger charge is -2.11. The molecule has 0 atom stereocenters. The fourth-order valence-electron chi connectivity index (χ4n) is 4.77. The molecule has 0 aliphatic heterocycles. The smallest absolute Gasteiger partial charge is 0.352 e. The van der Waals surface area contributed by atoms with Crippen molar-refractivity contribution in [2.24, 2.45) is 0 Å².